The summed E-state index contributed by atoms with van der Waals surface area (Å²) in [4.78, 5) is 22.7. The van der Waals surface area contributed by atoms with Crippen molar-refractivity contribution < 1.29 is 13.9 Å². The second-order valence-electron chi connectivity index (χ2n) is 9.18. The van der Waals surface area contributed by atoms with Gasteiger partial charge in [-0.3, -0.25) is 4.79 Å². The van der Waals surface area contributed by atoms with Crippen LogP contribution >= 0.6 is 0 Å². The van der Waals surface area contributed by atoms with Gasteiger partial charge in [0.2, 0.25) is 0 Å². The Morgan fingerprint density at radius 3 is 2.18 bits per heavy atom. The molecule has 2 aromatic heterocycles. The lowest BCUT2D eigenvalue weighted by atomic mass is 10.1. The van der Waals surface area contributed by atoms with Crippen LogP contribution in [0.5, 0.6) is 5.75 Å². The quantitative estimate of drug-likeness (QED) is 0.328. The van der Waals surface area contributed by atoms with Crippen LogP contribution in [0, 0.1) is 5.82 Å². The summed E-state index contributed by atoms with van der Waals surface area (Å²) in [5.41, 5.74) is 5.08. The summed E-state index contributed by atoms with van der Waals surface area (Å²) >= 11 is 0. The maximum Gasteiger partial charge on any atom is 0.272 e. The molecule has 7 nitrogen and oxygen atoms in total. The number of hydrogen-bond donors (Lipinski definition) is 0. The van der Waals surface area contributed by atoms with Crippen molar-refractivity contribution in [2.24, 2.45) is 0 Å². The number of ether oxygens (including phenoxy) is 1. The van der Waals surface area contributed by atoms with Crippen LogP contribution in [0.3, 0.4) is 0 Å². The first-order valence-corrected chi connectivity index (χ1v) is 12.5. The Balaban J connectivity index is 1.33. The van der Waals surface area contributed by atoms with E-state index in [2.05, 4.69) is 4.90 Å². The first-order chi connectivity index (χ1) is 18.6. The zero-order valence-electron chi connectivity index (χ0n) is 20.9. The van der Waals surface area contributed by atoms with Gasteiger partial charge < -0.3 is 14.5 Å². The summed E-state index contributed by atoms with van der Waals surface area (Å²) in [5.74, 6) is 0.379. The number of hydrogen-bond acceptors (Lipinski definition) is 5. The fourth-order valence-corrected chi connectivity index (χ4v) is 4.77. The molecule has 6 rings (SSSR count). The molecule has 0 aliphatic carbocycles. The van der Waals surface area contributed by atoms with Crippen LogP contribution in [0.4, 0.5) is 10.1 Å². The predicted molar refractivity (Wildman–Crippen MR) is 145 cm³/mol. The number of benzene rings is 3. The van der Waals surface area contributed by atoms with Crippen LogP contribution < -0.4 is 9.64 Å². The van der Waals surface area contributed by atoms with Gasteiger partial charge in [0, 0.05) is 49.1 Å². The second-order valence-corrected chi connectivity index (χ2v) is 9.18. The predicted octanol–water partition coefficient (Wildman–Crippen LogP) is 5.17. The zero-order valence-corrected chi connectivity index (χ0v) is 20.9. The first-order valence-electron chi connectivity index (χ1n) is 12.5. The van der Waals surface area contributed by atoms with E-state index in [-0.39, 0.29) is 11.7 Å². The maximum atomic E-state index is 13.9. The lowest BCUT2D eigenvalue weighted by molar-refractivity contribution is 0.0738. The summed E-state index contributed by atoms with van der Waals surface area (Å²) in [7, 11) is 1.65. The highest BCUT2D eigenvalue weighted by atomic mass is 19.1. The van der Waals surface area contributed by atoms with Gasteiger partial charge in [-0.1, -0.05) is 30.3 Å². The molecule has 0 radical (unpaired) electrons. The molecular formula is C30H26FN5O2. The minimum absolute atomic E-state index is 0.113. The SMILES string of the molecule is COc1ccc(N2CCN(C(=O)c3cc(-c4ccc(F)cc4)nc4cc(-c5ccccc5)nn34)CC2)cc1. The van der Waals surface area contributed by atoms with Crippen LogP contribution in [0.1, 0.15) is 10.5 Å². The van der Waals surface area contributed by atoms with E-state index in [0.29, 0.717) is 43.2 Å². The molecule has 0 N–H and O–H groups in total. The number of carbonyl (C=O) groups is 1. The van der Waals surface area contributed by atoms with E-state index in [9.17, 15) is 9.18 Å². The molecule has 0 atom stereocenters. The number of halogens is 1. The summed E-state index contributed by atoms with van der Waals surface area (Å²) in [6, 6.07) is 27.5. The third kappa shape index (κ3) is 4.56. The van der Waals surface area contributed by atoms with Gasteiger partial charge in [0.05, 0.1) is 18.5 Å². The highest BCUT2D eigenvalue weighted by molar-refractivity contribution is 5.94. The minimum Gasteiger partial charge on any atom is -0.497 e. The molecule has 1 aliphatic rings. The minimum atomic E-state index is -0.323. The topological polar surface area (TPSA) is 63.0 Å². The van der Waals surface area contributed by atoms with E-state index in [1.54, 1.807) is 29.8 Å². The smallest absolute Gasteiger partial charge is 0.272 e. The lowest BCUT2D eigenvalue weighted by Crippen LogP contribution is -2.49. The van der Waals surface area contributed by atoms with Crippen LogP contribution in [0.2, 0.25) is 0 Å². The van der Waals surface area contributed by atoms with E-state index < -0.39 is 0 Å². The average Bonchev–Trinajstić information content (AvgIpc) is 3.42. The van der Waals surface area contributed by atoms with E-state index in [1.807, 2.05) is 65.6 Å². The van der Waals surface area contributed by atoms with Crippen molar-refractivity contribution >= 4 is 17.2 Å². The molecule has 1 aliphatic heterocycles. The Morgan fingerprint density at radius 1 is 0.816 bits per heavy atom. The highest BCUT2D eigenvalue weighted by Gasteiger charge is 2.26. The molecule has 0 unspecified atom stereocenters. The second kappa shape index (κ2) is 9.97. The lowest BCUT2D eigenvalue weighted by Gasteiger charge is -2.36. The molecule has 8 heteroatoms. The standard InChI is InChI=1S/C30H26FN5O2/c1-38-25-13-11-24(12-14-25)34-15-17-35(18-16-34)30(37)28-19-26(22-7-9-23(31)10-8-22)32-29-20-27(33-36(28)29)21-5-3-2-4-6-21/h2-14,19-20H,15-18H2,1H3. The number of amides is 1. The molecule has 3 heterocycles. The summed E-state index contributed by atoms with van der Waals surface area (Å²) in [5, 5.41) is 4.75. The molecule has 1 fully saturated rings. The van der Waals surface area contributed by atoms with Crippen molar-refractivity contribution in [2.45, 2.75) is 0 Å². The fraction of sp³-hybridized carbons (Fsp3) is 0.167. The van der Waals surface area contributed by atoms with Crippen molar-refractivity contribution in [3.63, 3.8) is 0 Å². The number of aromatic nitrogens is 3. The van der Waals surface area contributed by atoms with E-state index in [4.69, 9.17) is 14.8 Å². The van der Waals surface area contributed by atoms with Gasteiger partial charge in [-0.15, -0.1) is 0 Å². The van der Waals surface area contributed by atoms with Gasteiger partial charge in [0.15, 0.2) is 5.65 Å². The number of fused-ring (bicyclic) bond motifs is 1. The molecule has 1 saturated heterocycles. The van der Waals surface area contributed by atoms with Gasteiger partial charge in [0.25, 0.3) is 5.91 Å². The van der Waals surface area contributed by atoms with Crippen molar-refractivity contribution in [1.82, 2.24) is 19.5 Å². The number of anilines is 1. The molecule has 190 valence electrons. The maximum absolute atomic E-state index is 13.9. The summed E-state index contributed by atoms with van der Waals surface area (Å²) < 4.78 is 20.5. The average molecular weight is 508 g/mol. The Bertz CT molecular complexity index is 1580. The van der Waals surface area contributed by atoms with Crippen LogP contribution in [0.25, 0.3) is 28.2 Å². The van der Waals surface area contributed by atoms with Crippen LogP contribution in [0.15, 0.2) is 91.0 Å². The van der Waals surface area contributed by atoms with Gasteiger partial charge in [0.1, 0.15) is 17.3 Å². The molecular weight excluding hydrogens is 481 g/mol. The monoisotopic (exact) mass is 507 g/mol. The highest BCUT2D eigenvalue weighted by Crippen LogP contribution is 2.26. The van der Waals surface area contributed by atoms with Crippen molar-refractivity contribution in [3.8, 4) is 28.3 Å². The van der Waals surface area contributed by atoms with E-state index >= 15 is 0 Å². The van der Waals surface area contributed by atoms with Gasteiger partial charge in [-0.25, -0.2) is 13.9 Å². The molecule has 0 spiro atoms. The number of carbonyl (C=O) groups excluding carboxylic acids is 1. The largest absolute Gasteiger partial charge is 0.497 e. The summed E-state index contributed by atoms with van der Waals surface area (Å²) in [6.07, 6.45) is 0. The Labute approximate surface area is 219 Å². The molecule has 0 saturated carbocycles. The Kier molecular flexibility index (Phi) is 6.21. The molecule has 38 heavy (non-hydrogen) atoms. The molecule has 0 bridgehead atoms. The van der Waals surface area contributed by atoms with Gasteiger partial charge >= 0.3 is 0 Å². The first kappa shape index (κ1) is 23.7. The number of rotatable bonds is 5. The zero-order chi connectivity index (χ0) is 26.1. The number of piperazine rings is 1. The van der Waals surface area contributed by atoms with Crippen molar-refractivity contribution in [2.75, 3.05) is 38.2 Å². The van der Waals surface area contributed by atoms with Crippen LogP contribution in [-0.4, -0.2) is 58.7 Å². The Morgan fingerprint density at radius 2 is 1.50 bits per heavy atom. The molecule has 3 aromatic carbocycles. The molecule has 5 aromatic rings. The van der Waals surface area contributed by atoms with Gasteiger partial charge in [-0.05, 0) is 54.6 Å². The van der Waals surface area contributed by atoms with E-state index in [1.165, 1.54) is 12.1 Å². The molecule has 1 amide bonds. The van der Waals surface area contributed by atoms with Crippen molar-refractivity contribution in [3.05, 3.63) is 103 Å². The Hall–Kier alpha value is -4.72. The van der Waals surface area contributed by atoms with E-state index in [0.717, 1.165) is 28.3 Å². The van der Waals surface area contributed by atoms with Crippen molar-refractivity contribution in [1.29, 1.82) is 0 Å². The number of nitrogens with zero attached hydrogens (tertiary/aromatic N) is 5. The third-order valence-corrected chi connectivity index (χ3v) is 6.86. The summed E-state index contributed by atoms with van der Waals surface area (Å²) in [6.45, 7) is 2.58. The number of methoxy groups -OCH3 is 1. The fourth-order valence-electron chi connectivity index (χ4n) is 4.77. The normalized spacial score (nSPS) is 13.6. The van der Waals surface area contributed by atoms with Crippen LogP contribution in [-0.2, 0) is 0 Å². The van der Waals surface area contributed by atoms with Gasteiger partial charge in [-0.2, -0.15) is 5.10 Å². The third-order valence-electron chi connectivity index (χ3n) is 6.86.